The predicted molar refractivity (Wildman–Crippen MR) is 141 cm³/mol. The largest absolute Gasteiger partial charge is 0.493 e. The molecule has 0 unspecified atom stereocenters. The van der Waals surface area contributed by atoms with Crippen LogP contribution in [0.2, 0.25) is 0 Å². The standard InChI is InChI=1S/C31H26O4/c1-4-35-31(32)22-15-16-23-24(17-22)25-18-27(33-2)28(34-3)19-26(25)30(21-13-9-6-10-14-21)29(23)20-11-7-5-8-12-20/h5-19H,4H2,1-3H3. The average Bonchev–Trinajstić information content (AvgIpc) is 2.92. The number of fused-ring (bicyclic) bond motifs is 3. The number of benzene rings is 5. The predicted octanol–water partition coefficient (Wildman–Crippen LogP) is 7.52. The Morgan fingerprint density at radius 1 is 0.629 bits per heavy atom. The van der Waals surface area contributed by atoms with Crippen LogP contribution in [0.25, 0.3) is 43.8 Å². The zero-order chi connectivity index (χ0) is 24.4. The van der Waals surface area contributed by atoms with Gasteiger partial charge in [0.1, 0.15) is 0 Å². The van der Waals surface area contributed by atoms with Crippen molar-refractivity contribution >= 4 is 27.5 Å². The first-order chi connectivity index (χ1) is 17.2. The number of methoxy groups -OCH3 is 2. The Balaban J connectivity index is 2.00. The third kappa shape index (κ3) is 3.97. The van der Waals surface area contributed by atoms with Crippen LogP contribution in [0, 0.1) is 0 Å². The van der Waals surface area contributed by atoms with E-state index in [4.69, 9.17) is 14.2 Å². The lowest BCUT2D eigenvalue weighted by Gasteiger charge is -2.20. The number of carbonyl (C=O) groups is 1. The second-order valence-electron chi connectivity index (χ2n) is 8.22. The van der Waals surface area contributed by atoms with Gasteiger partial charge in [0.2, 0.25) is 0 Å². The summed E-state index contributed by atoms with van der Waals surface area (Å²) in [5, 5.41) is 3.98. The van der Waals surface area contributed by atoms with Crippen molar-refractivity contribution < 1.29 is 19.0 Å². The van der Waals surface area contributed by atoms with Crippen molar-refractivity contribution in [1.82, 2.24) is 0 Å². The van der Waals surface area contributed by atoms with Crippen LogP contribution in [0.15, 0.2) is 91.0 Å². The molecule has 174 valence electrons. The van der Waals surface area contributed by atoms with Gasteiger partial charge in [0.05, 0.1) is 26.4 Å². The summed E-state index contributed by atoms with van der Waals surface area (Å²) >= 11 is 0. The van der Waals surface area contributed by atoms with Crippen LogP contribution in [0.1, 0.15) is 17.3 Å². The fourth-order valence-electron chi connectivity index (χ4n) is 4.71. The van der Waals surface area contributed by atoms with Gasteiger partial charge in [-0.15, -0.1) is 0 Å². The van der Waals surface area contributed by atoms with E-state index in [1.54, 1.807) is 14.2 Å². The molecule has 35 heavy (non-hydrogen) atoms. The van der Waals surface area contributed by atoms with Crippen LogP contribution in [-0.4, -0.2) is 26.8 Å². The molecule has 0 radical (unpaired) electrons. The molecule has 4 nitrogen and oxygen atoms in total. The smallest absolute Gasteiger partial charge is 0.338 e. The number of esters is 1. The number of hydrogen-bond acceptors (Lipinski definition) is 4. The summed E-state index contributed by atoms with van der Waals surface area (Å²) in [6.45, 7) is 2.13. The summed E-state index contributed by atoms with van der Waals surface area (Å²) in [7, 11) is 3.27. The number of carbonyl (C=O) groups excluding carboxylic acids is 1. The summed E-state index contributed by atoms with van der Waals surface area (Å²) < 4.78 is 16.6. The summed E-state index contributed by atoms with van der Waals surface area (Å²) in [4.78, 5) is 12.6. The molecule has 5 rings (SSSR count). The van der Waals surface area contributed by atoms with Gasteiger partial charge in [-0.25, -0.2) is 4.79 Å². The molecule has 0 N–H and O–H groups in total. The van der Waals surface area contributed by atoms with Gasteiger partial charge in [0.25, 0.3) is 0 Å². The summed E-state index contributed by atoms with van der Waals surface area (Å²) in [6, 6.07) is 30.5. The highest BCUT2D eigenvalue weighted by molar-refractivity contribution is 6.23. The van der Waals surface area contributed by atoms with Crippen molar-refractivity contribution in [2.75, 3.05) is 20.8 Å². The van der Waals surface area contributed by atoms with E-state index in [9.17, 15) is 4.79 Å². The maximum absolute atomic E-state index is 12.6. The van der Waals surface area contributed by atoms with Crippen molar-refractivity contribution in [3.8, 4) is 33.8 Å². The molecule has 5 aromatic rings. The third-order valence-electron chi connectivity index (χ3n) is 6.26. The van der Waals surface area contributed by atoms with Gasteiger partial charge in [-0.1, -0.05) is 66.7 Å². The Hall–Kier alpha value is -4.31. The summed E-state index contributed by atoms with van der Waals surface area (Å²) in [5.41, 5.74) is 4.91. The molecule has 0 atom stereocenters. The molecule has 0 spiro atoms. The Morgan fingerprint density at radius 2 is 1.14 bits per heavy atom. The van der Waals surface area contributed by atoms with Crippen molar-refractivity contribution in [1.29, 1.82) is 0 Å². The highest BCUT2D eigenvalue weighted by Gasteiger charge is 2.21. The second-order valence-corrected chi connectivity index (χ2v) is 8.22. The van der Waals surface area contributed by atoms with Gasteiger partial charge >= 0.3 is 5.97 Å². The van der Waals surface area contributed by atoms with E-state index in [1.807, 2.05) is 73.7 Å². The first-order valence-corrected chi connectivity index (χ1v) is 11.6. The maximum Gasteiger partial charge on any atom is 0.338 e. The van der Waals surface area contributed by atoms with Crippen molar-refractivity contribution in [2.24, 2.45) is 0 Å². The van der Waals surface area contributed by atoms with E-state index in [-0.39, 0.29) is 5.97 Å². The van der Waals surface area contributed by atoms with E-state index in [1.165, 1.54) is 0 Å². The summed E-state index contributed by atoms with van der Waals surface area (Å²) in [5.74, 6) is 0.947. The minimum atomic E-state index is -0.337. The number of hydrogen-bond donors (Lipinski definition) is 0. The monoisotopic (exact) mass is 462 g/mol. The zero-order valence-corrected chi connectivity index (χ0v) is 20.0. The van der Waals surface area contributed by atoms with Gasteiger partial charge in [-0.3, -0.25) is 0 Å². The van der Waals surface area contributed by atoms with Crippen molar-refractivity contribution in [3.63, 3.8) is 0 Å². The van der Waals surface area contributed by atoms with Gasteiger partial charge in [-0.2, -0.15) is 0 Å². The molecule has 0 aromatic heterocycles. The molecule has 4 heteroatoms. The minimum Gasteiger partial charge on any atom is -0.493 e. The molecule has 0 aliphatic carbocycles. The molecule has 0 heterocycles. The first-order valence-electron chi connectivity index (χ1n) is 11.6. The van der Waals surface area contributed by atoms with E-state index >= 15 is 0 Å². The SMILES string of the molecule is CCOC(=O)c1ccc2c(-c3ccccc3)c(-c3ccccc3)c3cc(OC)c(OC)cc3c2c1. The summed E-state index contributed by atoms with van der Waals surface area (Å²) in [6.07, 6.45) is 0. The quantitative estimate of drug-likeness (QED) is 0.193. The van der Waals surface area contributed by atoms with E-state index < -0.39 is 0 Å². The molecular formula is C31H26O4. The highest BCUT2D eigenvalue weighted by atomic mass is 16.5. The van der Waals surface area contributed by atoms with Crippen molar-refractivity contribution in [2.45, 2.75) is 6.92 Å². The van der Waals surface area contributed by atoms with E-state index in [2.05, 4.69) is 24.3 Å². The Kier molecular flexibility index (Phi) is 6.11. The maximum atomic E-state index is 12.6. The van der Waals surface area contributed by atoms with Gasteiger partial charge in [0.15, 0.2) is 11.5 Å². The fourth-order valence-corrected chi connectivity index (χ4v) is 4.71. The van der Waals surface area contributed by atoms with Crippen LogP contribution in [0.4, 0.5) is 0 Å². The molecule has 0 aliphatic heterocycles. The molecule has 0 saturated carbocycles. The molecule has 0 saturated heterocycles. The van der Waals surface area contributed by atoms with Crippen LogP contribution in [0.5, 0.6) is 11.5 Å². The van der Waals surface area contributed by atoms with Crippen LogP contribution >= 0.6 is 0 Å². The van der Waals surface area contributed by atoms with Gasteiger partial charge < -0.3 is 14.2 Å². The first kappa shape index (κ1) is 22.5. The van der Waals surface area contributed by atoms with Gasteiger partial charge in [-0.05, 0) is 75.0 Å². The van der Waals surface area contributed by atoms with Crippen LogP contribution in [-0.2, 0) is 4.74 Å². The highest BCUT2D eigenvalue weighted by Crippen LogP contribution is 2.47. The lowest BCUT2D eigenvalue weighted by Crippen LogP contribution is -2.04. The third-order valence-corrected chi connectivity index (χ3v) is 6.26. The van der Waals surface area contributed by atoms with Gasteiger partial charge in [0, 0.05) is 0 Å². The molecule has 5 aromatic carbocycles. The zero-order valence-electron chi connectivity index (χ0n) is 20.0. The molecule has 0 fully saturated rings. The van der Waals surface area contributed by atoms with E-state index in [0.717, 1.165) is 43.8 Å². The van der Waals surface area contributed by atoms with Crippen LogP contribution in [0.3, 0.4) is 0 Å². The topological polar surface area (TPSA) is 44.8 Å². The molecule has 0 bridgehead atoms. The Bertz CT molecular complexity index is 1520. The number of ether oxygens (including phenoxy) is 3. The lowest BCUT2D eigenvalue weighted by atomic mass is 9.84. The van der Waals surface area contributed by atoms with E-state index in [0.29, 0.717) is 23.7 Å². The molecule has 0 aliphatic rings. The fraction of sp³-hybridized carbons (Fsp3) is 0.129. The van der Waals surface area contributed by atoms with Crippen molar-refractivity contribution in [3.05, 3.63) is 96.6 Å². The van der Waals surface area contributed by atoms with Crippen LogP contribution < -0.4 is 9.47 Å². The molecule has 0 amide bonds. The second kappa shape index (κ2) is 9.51. The normalized spacial score (nSPS) is 10.9. The Labute approximate surface area is 204 Å². The lowest BCUT2D eigenvalue weighted by molar-refractivity contribution is 0.0526. The number of rotatable bonds is 6. The average molecular weight is 463 g/mol. The molecular weight excluding hydrogens is 436 g/mol. The Morgan fingerprint density at radius 3 is 1.69 bits per heavy atom. The minimum absolute atomic E-state index is 0.324.